The van der Waals surface area contributed by atoms with Crippen LogP contribution in [0.15, 0.2) is 72.5 Å². The predicted molar refractivity (Wildman–Crippen MR) is 565 cm³/mol. The average Bonchev–Trinajstić information content (AvgIpc) is 0.683. The highest BCUT2D eigenvalue weighted by atomic mass is 16.5. The molecule has 18 unspecified atom stereocenters. The van der Waals surface area contributed by atoms with Crippen LogP contribution in [0, 0.1) is 69.0 Å². The van der Waals surface area contributed by atoms with E-state index in [1.165, 1.54) is 52.5 Å². The van der Waals surface area contributed by atoms with Gasteiger partial charge in [-0.05, 0) is 323 Å². The molecule has 6 aromatic rings. The van der Waals surface area contributed by atoms with E-state index in [-0.39, 0.29) is 124 Å². The summed E-state index contributed by atoms with van der Waals surface area (Å²) in [4.78, 5) is 6.01. The van der Waals surface area contributed by atoms with Crippen LogP contribution in [0.5, 0.6) is 69.0 Å². The van der Waals surface area contributed by atoms with Gasteiger partial charge in [0.05, 0.1) is 151 Å². The van der Waals surface area contributed by atoms with Crippen molar-refractivity contribution in [3.05, 3.63) is 139 Å². The van der Waals surface area contributed by atoms with Crippen LogP contribution in [-0.4, -0.2) is 260 Å². The molecule has 18 rings (SSSR count). The van der Waals surface area contributed by atoms with Crippen molar-refractivity contribution in [2.24, 2.45) is 69.0 Å². The molecule has 6 N–H and O–H groups in total. The number of nitrogens with zero attached hydrogens (tertiary/aromatic N) is 6. The van der Waals surface area contributed by atoms with Gasteiger partial charge in [-0.2, -0.15) is 0 Å². The molecular weight excluding hydrogens is 1790 g/mol. The number of ether oxygens (including phenoxy) is 12. The van der Waals surface area contributed by atoms with Gasteiger partial charge < -0.3 is 87.5 Å². The lowest BCUT2D eigenvalue weighted by atomic mass is 9.75. The lowest BCUT2D eigenvalue weighted by molar-refractivity contribution is -0.0259. The van der Waals surface area contributed by atoms with E-state index in [9.17, 15) is 30.6 Å². The van der Waals surface area contributed by atoms with E-state index in [0.717, 1.165) is 54.8 Å². The second-order valence-electron chi connectivity index (χ2n) is 37.9. The molecule has 0 aromatic heterocycles. The third-order valence-corrected chi connectivity index (χ3v) is 25.7. The summed E-state index contributed by atoms with van der Waals surface area (Å²) in [7, 11) is 1.43. The van der Waals surface area contributed by atoms with Crippen molar-refractivity contribution in [1.29, 1.82) is 0 Å². The van der Waals surface area contributed by atoms with Gasteiger partial charge in [0.25, 0.3) is 0 Å². The Morgan fingerprint density at radius 3 is 0.585 bits per heavy atom. The molecule has 0 saturated carbocycles. The maximum absolute atomic E-state index is 11.2. The molecule has 6 aromatic carbocycles. The molecular formula is C118H182N6O18. The number of rotatable bonds is 20. The van der Waals surface area contributed by atoms with E-state index in [2.05, 4.69) is 0 Å². The molecule has 792 valence electrons. The van der Waals surface area contributed by atoms with E-state index in [1.54, 1.807) is 0 Å². The fourth-order valence-corrected chi connectivity index (χ4v) is 19.4. The monoisotopic (exact) mass is 2050 g/mol. The fraction of sp³-hybridized carbons (Fsp3) is 0.695. The predicted octanol–water partition coefficient (Wildman–Crippen LogP) is 19.7. The Bertz CT molecular complexity index is 8400. The molecule has 24 nitrogen and oxygen atoms in total. The Balaban J connectivity index is 0.000000210. The van der Waals surface area contributed by atoms with Gasteiger partial charge in [-0.1, -0.05) is 110 Å². The van der Waals surface area contributed by atoms with Crippen molar-refractivity contribution in [3.63, 3.8) is 0 Å². The van der Waals surface area contributed by atoms with E-state index >= 15 is 0 Å². The number of piperidine rings is 6. The fourth-order valence-electron chi connectivity index (χ4n) is 19.4. The number of aliphatic hydroxyl groups is 6. The van der Waals surface area contributed by atoms with Crippen LogP contribution >= 0.6 is 0 Å². The first-order chi connectivity index (χ1) is 98.1. The molecule has 12 aliphatic heterocycles. The minimum Gasteiger partial charge on any atom is -0.493 e. The van der Waals surface area contributed by atoms with Crippen LogP contribution in [0.4, 0.5) is 0 Å². The van der Waals surface area contributed by atoms with Crippen LogP contribution < -0.4 is 56.8 Å². The Labute approximate surface area is 960 Å². The van der Waals surface area contributed by atoms with Gasteiger partial charge in [-0.3, -0.25) is 29.4 Å². The molecule has 0 amide bonds. The van der Waals surface area contributed by atoms with E-state index in [0.29, 0.717) is 32.6 Å². The highest BCUT2D eigenvalue weighted by Crippen LogP contribution is 2.53. The maximum atomic E-state index is 11.2. The third-order valence-electron chi connectivity index (χ3n) is 25.7. The zero-order valence-electron chi connectivity index (χ0n) is 159. The van der Waals surface area contributed by atoms with E-state index in [1.807, 2.05) is 27.7 Å². The summed E-state index contributed by atoms with van der Waals surface area (Å²) in [6.45, 7) is -36.2. The van der Waals surface area contributed by atoms with Crippen molar-refractivity contribution in [3.8, 4) is 69.0 Å². The molecule has 0 spiro atoms. The SMILES string of the molecule is [2H]c1c(OC([2H])([2H])[2H])c(OC)c([2H])c2c1C1CC(O)C(C([2H])([2H])C(C)(C([2H])([2H])[2H])C([2H])([2H])[2H])CN1C([2H])([2H])C2([2H])[2H].[2H]c1c(OC([2H])([2H])[2H])c(OC)c([2H])c2c1C1CC(O)C(C([2H])([2H])C(C)(C([2H])([2H])[2H])C([2H])([2H])[2H])CN1C([2H])([2H])C2([2H])[2H].[2H]c1c(OC([2H])([2H])[2H])c(OC)c([2H])c2c1C1CC(O)C(CC(C)C)CN1C([2H])([2H])C2([2H])[2H].[2H]c1c(OC)c(OC)c([2H])c2c1C1CC(O)C(C([2H])([2H])C(C)(C([2H])([2H])[2H])C([2H])([2H])[2H])CN1C([2H])([2H])C2([2H])[2H].[2H]c1c(OC)c(OC)c([2H])c2c1C1CC(O)C(C([2H])([2H])C(C)(C([2H])([2H])[2H])C([2H])([2H])[2H])CN1C([2H])([2H])C2([2H])[2H].[2H]c1c(OC)c(OC)c([2H])c2c1C1CC(O)C(CC(C)C)CN1C([2H])([2H])C2([2H])[2H]. The minimum absolute atomic E-state index is 0.0187. The van der Waals surface area contributed by atoms with Crippen molar-refractivity contribution in [1.82, 2.24) is 29.4 Å². The van der Waals surface area contributed by atoms with Crippen LogP contribution in [0.3, 0.4) is 0 Å². The molecule has 6 fully saturated rings. The van der Waals surface area contributed by atoms with Crippen LogP contribution in [-0.2, 0) is 38.2 Å². The molecule has 12 heterocycles. The number of hydrogen-bond donors (Lipinski definition) is 6. The van der Waals surface area contributed by atoms with Gasteiger partial charge in [-0.25, -0.2) is 0 Å². The minimum atomic E-state index is -3.41. The van der Waals surface area contributed by atoms with Crippen molar-refractivity contribution in [2.75, 3.05) is 163 Å². The highest BCUT2D eigenvalue weighted by molar-refractivity contribution is 5.55. The zero-order valence-corrected chi connectivity index (χ0v) is 82.2. The van der Waals surface area contributed by atoms with Gasteiger partial charge in [0, 0.05) is 191 Å². The van der Waals surface area contributed by atoms with Gasteiger partial charge in [0.1, 0.15) is 0 Å². The largest absolute Gasteiger partial charge is 0.493 e. The number of aliphatic hydroxyl groups excluding tert-OH is 6. The molecule has 24 heteroatoms. The normalized spacial score (nSPS) is 41.0. The van der Waals surface area contributed by atoms with Crippen molar-refractivity contribution >= 4 is 0 Å². The van der Waals surface area contributed by atoms with Crippen molar-refractivity contribution < 1.29 is 193 Å². The summed E-state index contributed by atoms with van der Waals surface area (Å²) in [6, 6.07) is -13.5. The molecule has 142 heavy (non-hydrogen) atoms. The Hall–Kier alpha value is -7.56. The second kappa shape index (κ2) is 48.2. The first kappa shape index (κ1) is 47.9. The van der Waals surface area contributed by atoms with E-state index in [4.69, 9.17) is 162 Å². The summed E-state index contributed by atoms with van der Waals surface area (Å²) < 4.78 is 699. The van der Waals surface area contributed by atoms with Crippen LogP contribution in [0.1, 0.15) is 396 Å². The maximum Gasteiger partial charge on any atom is 0.161 e. The molecule has 6 saturated heterocycles. The summed E-state index contributed by atoms with van der Waals surface area (Å²) in [5.74, 6) is -11.9. The number of methoxy groups -OCH3 is 12. The van der Waals surface area contributed by atoms with Gasteiger partial charge in [-0.15, -0.1) is 0 Å². The number of hydrogen-bond acceptors (Lipinski definition) is 24. The Kier molecular flexibility index (Phi) is 16.3. The molecule has 0 radical (unpaired) electrons. The Morgan fingerprint density at radius 2 is 0.430 bits per heavy atom. The molecule has 18 atom stereocenters. The van der Waals surface area contributed by atoms with Crippen LogP contribution in [0.25, 0.3) is 0 Å². The summed E-state index contributed by atoms with van der Waals surface area (Å²) in [5, 5.41) is 66.2. The smallest absolute Gasteiger partial charge is 0.161 e. The second-order valence-corrected chi connectivity index (χ2v) is 37.9. The molecule has 12 aliphatic rings. The first-order valence-electron chi connectivity index (χ1n) is 84.8. The average molecular weight is 2050 g/mol. The standard InChI is InChI=1S/4C20H31NO3.2C19H29NO3/c4*1-20(2,3)11-14-12-21-7-6-13-8-18(23-4)19(24-5)9-15(13)16(21)10-17(14)22;2*1-12(2)7-14-11-20-6-5-13-8-18(22-3)19(23-4)9-15(13)16(20)10-17(14)21/h4*8-9,14,16-17,22H,6-7,10-12H2,1-5H3;2*8-9,12,14,16-17,21H,5-7,10-11H2,1-4H3/i2*1D3,2D3,5D3,6D2,7D2,8D,9D,11D2;2*1D3,2D3,6D2,7D2,8D,9D,11D2;4D3,5D2,6D2,8D,9D;5D2,6D2,8D,9D. The quantitative estimate of drug-likeness (QED) is 0.0415. The van der Waals surface area contributed by atoms with E-state index < -0.39 is 477 Å². The number of fused-ring (bicyclic) bond motifs is 18. The van der Waals surface area contributed by atoms with Gasteiger partial charge >= 0.3 is 0 Å². The van der Waals surface area contributed by atoms with Gasteiger partial charge in [0.2, 0.25) is 0 Å². The lowest BCUT2D eigenvalue weighted by Gasteiger charge is -2.47. The van der Waals surface area contributed by atoms with Crippen molar-refractivity contribution in [2.45, 2.75) is 298 Å². The zero-order chi connectivity index (χ0) is 170. The summed E-state index contributed by atoms with van der Waals surface area (Å²) in [6.07, 6.45) is -39.4. The highest BCUT2D eigenvalue weighted by Gasteiger charge is 2.48. The first-order valence-corrected chi connectivity index (χ1v) is 46.3. The van der Waals surface area contributed by atoms with Gasteiger partial charge in [0.15, 0.2) is 69.0 Å². The number of benzene rings is 6. The Morgan fingerprint density at radius 1 is 0.275 bits per heavy atom. The molecule has 0 bridgehead atoms. The van der Waals surface area contributed by atoms with Crippen LogP contribution in [0.2, 0.25) is 0 Å². The summed E-state index contributed by atoms with van der Waals surface area (Å²) >= 11 is 0. The lowest BCUT2D eigenvalue weighted by Crippen LogP contribution is -2.48. The topological polar surface area (TPSA) is 252 Å². The third kappa shape index (κ3) is 27.1. The molecule has 0 aliphatic carbocycles. The summed E-state index contributed by atoms with van der Waals surface area (Å²) in [5.41, 5.74) is -15.8.